The summed E-state index contributed by atoms with van der Waals surface area (Å²) in [5.74, 6) is -0.718. The van der Waals surface area contributed by atoms with Crippen LogP contribution in [0.1, 0.15) is 24.3 Å². The van der Waals surface area contributed by atoms with Gasteiger partial charge in [0.25, 0.3) is 5.91 Å². The number of primary amides is 1. The maximum Gasteiger partial charge on any atom is 0.271 e. The van der Waals surface area contributed by atoms with Crippen LogP contribution in [0, 0.1) is 11.3 Å². The van der Waals surface area contributed by atoms with Crippen molar-refractivity contribution >= 4 is 40.5 Å². The molecule has 0 saturated heterocycles. The van der Waals surface area contributed by atoms with E-state index in [0.717, 1.165) is 0 Å². The molecule has 3 rings (SSSR count). The summed E-state index contributed by atoms with van der Waals surface area (Å²) in [6, 6.07) is 7.19. The standard InChI is InChI=1S/C17H15Cl2N7O/c1-17(2,9-20)26-7-10(6-22-26)23-13-8-25(24-14(13)16(21)27)15-11(18)4-3-5-12(15)19/h3-8,23H,1-2H3,(H2,21,27). The van der Waals surface area contributed by atoms with Crippen LogP contribution in [-0.2, 0) is 5.54 Å². The molecule has 3 N–H and O–H groups in total. The molecular weight excluding hydrogens is 389 g/mol. The van der Waals surface area contributed by atoms with Gasteiger partial charge in [-0.1, -0.05) is 29.3 Å². The van der Waals surface area contributed by atoms with E-state index in [2.05, 4.69) is 21.6 Å². The average molecular weight is 404 g/mol. The molecule has 0 aliphatic rings. The summed E-state index contributed by atoms with van der Waals surface area (Å²) >= 11 is 12.4. The first-order valence-corrected chi connectivity index (χ1v) is 8.56. The van der Waals surface area contributed by atoms with Crippen LogP contribution >= 0.6 is 23.2 Å². The number of carbonyl (C=O) groups is 1. The molecule has 0 spiro atoms. The third kappa shape index (κ3) is 3.60. The Kier molecular flexibility index (Phi) is 4.83. The fraction of sp³-hybridized carbons (Fsp3) is 0.176. The molecule has 0 fully saturated rings. The number of nitrogens with one attached hydrogen (secondary N) is 1. The highest BCUT2D eigenvalue weighted by Crippen LogP contribution is 2.30. The van der Waals surface area contributed by atoms with Gasteiger partial charge >= 0.3 is 0 Å². The number of halogens is 2. The van der Waals surface area contributed by atoms with Crippen molar-refractivity contribution in [3.8, 4) is 11.8 Å². The number of nitrogens with zero attached hydrogens (tertiary/aromatic N) is 5. The van der Waals surface area contributed by atoms with Crippen molar-refractivity contribution in [1.29, 1.82) is 5.26 Å². The Morgan fingerprint density at radius 3 is 2.56 bits per heavy atom. The van der Waals surface area contributed by atoms with E-state index in [4.69, 9.17) is 28.9 Å². The van der Waals surface area contributed by atoms with Crippen molar-refractivity contribution < 1.29 is 4.79 Å². The van der Waals surface area contributed by atoms with E-state index >= 15 is 0 Å². The van der Waals surface area contributed by atoms with Crippen molar-refractivity contribution in [3.05, 3.63) is 52.5 Å². The van der Waals surface area contributed by atoms with Crippen LogP contribution in [0.25, 0.3) is 5.69 Å². The highest BCUT2D eigenvalue weighted by atomic mass is 35.5. The van der Waals surface area contributed by atoms with Crippen LogP contribution in [-0.4, -0.2) is 25.5 Å². The summed E-state index contributed by atoms with van der Waals surface area (Å²) < 4.78 is 2.89. The number of rotatable bonds is 5. The summed E-state index contributed by atoms with van der Waals surface area (Å²) in [4.78, 5) is 11.8. The third-order valence-corrected chi connectivity index (χ3v) is 4.43. The zero-order valence-corrected chi connectivity index (χ0v) is 16.0. The molecule has 1 amide bonds. The Labute approximate surface area is 165 Å². The number of para-hydroxylation sites is 1. The normalized spacial score (nSPS) is 11.2. The molecule has 0 aliphatic heterocycles. The average Bonchev–Trinajstić information content (AvgIpc) is 3.23. The lowest BCUT2D eigenvalue weighted by Gasteiger charge is -2.15. The molecule has 138 valence electrons. The fourth-order valence-corrected chi connectivity index (χ4v) is 2.94. The molecule has 0 unspecified atom stereocenters. The van der Waals surface area contributed by atoms with Gasteiger partial charge in [0.05, 0.1) is 46.1 Å². The molecule has 0 saturated carbocycles. The van der Waals surface area contributed by atoms with Crippen molar-refractivity contribution in [2.75, 3.05) is 5.32 Å². The minimum Gasteiger partial charge on any atom is -0.364 e. The third-order valence-electron chi connectivity index (χ3n) is 3.82. The van der Waals surface area contributed by atoms with Crippen molar-refractivity contribution in [2.45, 2.75) is 19.4 Å². The number of aromatic nitrogens is 4. The Morgan fingerprint density at radius 2 is 1.96 bits per heavy atom. The first kappa shape index (κ1) is 18.8. The summed E-state index contributed by atoms with van der Waals surface area (Å²) in [5, 5.41) is 21.4. The van der Waals surface area contributed by atoms with Gasteiger partial charge in [-0.25, -0.2) is 4.68 Å². The molecule has 0 radical (unpaired) electrons. The number of amides is 1. The zero-order valence-electron chi connectivity index (χ0n) is 14.4. The largest absolute Gasteiger partial charge is 0.364 e. The smallest absolute Gasteiger partial charge is 0.271 e. The number of carbonyl (C=O) groups excluding carboxylic acids is 1. The summed E-state index contributed by atoms with van der Waals surface area (Å²) in [6.45, 7) is 3.46. The SMILES string of the molecule is CC(C)(C#N)n1cc(Nc2cn(-c3c(Cl)cccc3Cl)nc2C(N)=O)cn1. The van der Waals surface area contributed by atoms with Crippen LogP contribution in [0.5, 0.6) is 0 Å². The highest BCUT2D eigenvalue weighted by molar-refractivity contribution is 6.37. The van der Waals surface area contributed by atoms with Gasteiger partial charge in [0, 0.05) is 0 Å². The molecule has 8 nitrogen and oxygen atoms in total. The van der Waals surface area contributed by atoms with Gasteiger partial charge in [-0.05, 0) is 26.0 Å². The lowest BCUT2D eigenvalue weighted by molar-refractivity contribution is 0.0996. The topological polar surface area (TPSA) is 115 Å². The van der Waals surface area contributed by atoms with Crippen LogP contribution in [0.15, 0.2) is 36.8 Å². The van der Waals surface area contributed by atoms with E-state index < -0.39 is 11.4 Å². The van der Waals surface area contributed by atoms with E-state index in [1.807, 2.05) is 0 Å². The van der Waals surface area contributed by atoms with Gasteiger partial charge in [-0.15, -0.1) is 0 Å². The summed E-state index contributed by atoms with van der Waals surface area (Å²) in [7, 11) is 0. The number of anilines is 2. The predicted molar refractivity (Wildman–Crippen MR) is 103 cm³/mol. The van der Waals surface area contributed by atoms with Crippen molar-refractivity contribution in [1.82, 2.24) is 19.6 Å². The van der Waals surface area contributed by atoms with E-state index in [1.54, 1.807) is 44.4 Å². The van der Waals surface area contributed by atoms with Gasteiger partial charge in [0.1, 0.15) is 11.2 Å². The predicted octanol–water partition coefficient (Wildman–Crippen LogP) is 3.48. The highest BCUT2D eigenvalue weighted by Gasteiger charge is 2.22. The molecule has 2 aromatic heterocycles. The Hall–Kier alpha value is -3.02. The lowest BCUT2D eigenvalue weighted by atomic mass is 10.1. The Bertz CT molecular complexity index is 1040. The van der Waals surface area contributed by atoms with Gasteiger partial charge in [-0.2, -0.15) is 15.5 Å². The molecule has 1 aromatic carbocycles. The molecule has 0 atom stereocenters. The van der Waals surface area contributed by atoms with Gasteiger partial charge in [0.15, 0.2) is 5.69 Å². The number of nitrogens with two attached hydrogens (primary N) is 1. The second-order valence-corrected chi connectivity index (χ2v) is 7.05. The second-order valence-electron chi connectivity index (χ2n) is 6.24. The van der Waals surface area contributed by atoms with Crippen molar-refractivity contribution in [3.63, 3.8) is 0 Å². The molecule has 0 bridgehead atoms. The van der Waals surface area contributed by atoms with E-state index in [-0.39, 0.29) is 5.69 Å². The Morgan fingerprint density at radius 1 is 1.30 bits per heavy atom. The molecule has 27 heavy (non-hydrogen) atoms. The fourth-order valence-electron chi connectivity index (χ4n) is 2.37. The first-order valence-electron chi connectivity index (χ1n) is 7.80. The molecular formula is C17H15Cl2N7O. The quantitative estimate of drug-likeness (QED) is 0.676. The summed E-state index contributed by atoms with van der Waals surface area (Å²) in [5.41, 5.74) is 5.99. The number of nitriles is 1. The van der Waals surface area contributed by atoms with Gasteiger partial charge in [-0.3, -0.25) is 9.48 Å². The molecule has 0 aliphatic carbocycles. The monoisotopic (exact) mass is 403 g/mol. The van der Waals surface area contributed by atoms with Crippen LogP contribution in [0.2, 0.25) is 10.0 Å². The maximum atomic E-state index is 11.8. The lowest BCUT2D eigenvalue weighted by Crippen LogP contribution is -2.24. The first-order chi connectivity index (χ1) is 12.7. The Balaban J connectivity index is 2.01. The zero-order chi connectivity index (χ0) is 19.8. The second kappa shape index (κ2) is 6.95. The minimum absolute atomic E-state index is 0.0123. The summed E-state index contributed by atoms with van der Waals surface area (Å²) in [6.07, 6.45) is 4.73. The van der Waals surface area contributed by atoms with Crippen molar-refractivity contribution in [2.24, 2.45) is 5.73 Å². The van der Waals surface area contributed by atoms with Crippen LogP contribution in [0.4, 0.5) is 11.4 Å². The number of hydrogen-bond donors (Lipinski definition) is 2. The molecule has 10 heteroatoms. The van der Waals surface area contributed by atoms with Crippen LogP contribution < -0.4 is 11.1 Å². The van der Waals surface area contributed by atoms with E-state index in [1.165, 1.54) is 15.6 Å². The maximum absolute atomic E-state index is 11.8. The minimum atomic E-state index is -0.818. The molecule has 3 aromatic rings. The van der Waals surface area contributed by atoms with Gasteiger partial charge in [0.2, 0.25) is 0 Å². The number of benzene rings is 1. The van der Waals surface area contributed by atoms with Gasteiger partial charge < -0.3 is 11.1 Å². The van der Waals surface area contributed by atoms with E-state index in [0.29, 0.717) is 27.1 Å². The number of hydrogen-bond acceptors (Lipinski definition) is 5. The molecule has 2 heterocycles. The van der Waals surface area contributed by atoms with E-state index in [9.17, 15) is 10.1 Å². The van der Waals surface area contributed by atoms with Crippen LogP contribution in [0.3, 0.4) is 0 Å².